The largest absolute Gasteiger partial charge is 0.465 e. The van der Waals surface area contributed by atoms with Crippen LogP contribution in [0.1, 0.15) is 36.7 Å². The molecule has 0 radical (unpaired) electrons. The second-order valence-corrected chi connectivity index (χ2v) is 5.80. The third-order valence-electron chi connectivity index (χ3n) is 2.91. The zero-order valence-electron chi connectivity index (χ0n) is 11.3. The molecule has 1 heterocycles. The molecule has 0 aliphatic carbocycles. The maximum absolute atomic E-state index is 11.5. The first-order valence-corrected chi connectivity index (χ1v) is 6.09. The van der Waals surface area contributed by atoms with Gasteiger partial charge in [0.1, 0.15) is 0 Å². The zero-order valence-corrected chi connectivity index (χ0v) is 11.3. The maximum atomic E-state index is 11.5. The maximum Gasteiger partial charge on any atom is 0.337 e. The van der Waals surface area contributed by atoms with Crippen molar-refractivity contribution >= 4 is 16.9 Å². The molecule has 18 heavy (non-hydrogen) atoms. The summed E-state index contributed by atoms with van der Waals surface area (Å²) in [6.07, 6.45) is 3.03. The zero-order chi connectivity index (χ0) is 13.3. The number of nitrogens with one attached hydrogen (secondary N) is 1. The Labute approximate surface area is 107 Å². The fourth-order valence-electron chi connectivity index (χ4n) is 2.15. The van der Waals surface area contributed by atoms with Crippen LogP contribution in [0.25, 0.3) is 10.9 Å². The Bertz CT molecular complexity index is 576. The normalized spacial score (nSPS) is 11.8. The SMILES string of the molecule is COC(=O)c1ccc2c(CC(C)(C)C)c[nH]c2c1. The summed E-state index contributed by atoms with van der Waals surface area (Å²) >= 11 is 0. The first-order chi connectivity index (χ1) is 8.40. The highest BCUT2D eigenvalue weighted by molar-refractivity contribution is 5.95. The molecule has 1 aromatic carbocycles. The van der Waals surface area contributed by atoms with Crippen molar-refractivity contribution in [3.05, 3.63) is 35.5 Å². The van der Waals surface area contributed by atoms with E-state index in [1.165, 1.54) is 18.1 Å². The fourth-order valence-corrected chi connectivity index (χ4v) is 2.15. The molecule has 0 bridgehead atoms. The van der Waals surface area contributed by atoms with Crippen LogP contribution < -0.4 is 0 Å². The van der Waals surface area contributed by atoms with Gasteiger partial charge >= 0.3 is 5.97 Å². The van der Waals surface area contributed by atoms with Crippen molar-refractivity contribution in [1.82, 2.24) is 4.98 Å². The molecular weight excluding hydrogens is 226 g/mol. The summed E-state index contributed by atoms with van der Waals surface area (Å²) in [4.78, 5) is 14.7. The van der Waals surface area contributed by atoms with Crippen LogP contribution in [0.3, 0.4) is 0 Å². The van der Waals surface area contributed by atoms with Crippen LogP contribution >= 0.6 is 0 Å². The molecular formula is C15H19NO2. The summed E-state index contributed by atoms with van der Waals surface area (Å²) in [5.41, 5.74) is 3.09. The number of methoxy groups -OCH3 is 1. The third kappa shape index (κ3) is 2.55. The van der Waals surface area contributed by atoms with Crippen LogP contribution in [0.5, 0.6) is 0 Å². The number of fused-ring (bicyclic) bond motifs is 1. The van der Waals surface area contributed by atoms with Crippen LogP contribution in [0.4, 0.5) is 0 Å². The van der Waals surface area contributed by atoms with Crippen LogP contribution in [-0.2, 0) is 11.2 Å². The monoisotopic (exact) mass is 245 g/mol. The molecule has 2 rings (SSSR count). The van der Waals surface area contributed by atoms with Crippen LogP contribution in [-0.4, -0.2) is 18.1 Å². The minimum absolute atomic E-state index is 0.246. The Morgan fingerprint density at radius 2 is 2.06 bits per heavy atom. The van der Waals surface area contributed by atoms with E-state index < -0.39 is 0 Å². The van der Waals surface area contributed by atoms with Crippen molar-refractivity contribution in [1.29, 1.82) is 0 Å². The van der Waals surface area contributed by atoms with Crippen LogP contribution in [0.15, 0.2) is 24.4 Å². The van der Waals surface area contributed by atoms with Gasteiger partial charge in [-0.2, -0.15) is 0 Å². The lowest BCUT2D eigenvalue weighted by Crippen LogP contribution is -2.08. The number of benzene rings is 1. The van der Waals surface area contributed by atoms with E-state index in [0.29, 0.717) is 5.56 Å². The van der Waals surface area contributed by atoms with Gasteiger partial charge in [0, 0.05) is 17.1 Å². The van der Waals surface area contributed by atoms with E-state index in [1.807, 2.05) is 24.4 Å². The van der Waals surface area contributed by atoms with Crippen LogP contribution in [0, 0.1) is 5.41 Å². The fraction of sp³-hybridized carbons (Fsp3) is 0.400. The number of H-pyrrole nitrogens is 1. The van der Waals surface area contributed by atoms with Crippen molar-refractivity contribution in [2.75, 3.05) is 7.11 Å². The minimum Gasteiger partial charge on any atom is -0.465 e. The Balaban J connectivity index is 2.41. The summed E-state index contributed by atoms with van der Waals surface area (Å²) in [6, 6.07) is 5.64. The second-order valence-electron chi connectivity index (χ2n) is 5.80. The van der Waals surface area contributed by atoms with E-state index in [4.69, 9.17) is 4.74 Å². The number of carbonyl (C=O) groups excluding carboxylic acids is 1. The average molecular weight is 245 g/mol. The highest BCUT2D eigenvalue weighted by atomic mass is 16.5. The highest BCUT2D eigenvalue weighted by Crippen LogP contribution is 2.27. The topological polar surface area (TPSA) is 42.1 Å². The number of ether oxygens (including phenoxy) is 1. The summed E-state index contributed by atoms with van der Waals surface area (Å²) in [7, 11) is 1.40. The molecule has 3 nitrogen and oxygen atoms in total. The number of rotatable bonds is 2. The Morgan fingerprint density at radius 1 is 1.33 bits per heavy atom. The number of hydrogen-bond acceptors (Lipinski definition) is 2. The van der Waals surface area contributed by atoms with E-state index in [0.717, 1.165) is 11.9 Å². The molecule has 96 valence electrons. The van der Waals surface area contributed by atoms with Crippen molar-refractivity contribution in [3.8, 4) is 0 Å². The molecule has 3 heteroatoms. The first-order valence-electron chi connectivity index (χ1n) is 6.09. The van der Waals surface area contributed by atoms with Gasteiger partial charge in [-0.05, 0) is 29.5 Å². The molecule has 2 aromatic rings. The van der Waals surface area contributed by atoms with Gasteiger partial charge in [0.05, 0.1) is 12.7 Å². The van der Waals surface area contributed by atoms with Gasteiger partial charge in [-0.15, -0.1) is 0 Å². The summed E-state index contributed by atoms with van der Waals surface area (Å²) in [5.74, 6) is -0.302. The van der Waals surface area contributed by atoms with Gasteiger partial charge in [-0.25, -0.2) is 4.79 Å². The Kier molecular flexibility index (Phi) is 3.16. The van der Waals surface area contributed by atoms with Gasteiger partial charge in [0.15, 0.2) is 0 Å². The van der Waals surface area contributed by atoms with Crippen LogP contribution in [0.2, 0.25) is 0 Å². The quantitative estimate of drug-likeness (QED) is 0.822. The van der Waals surface area contributed by atoms with E-state index in [1.54, 1.807) is 0 Å². The van der Waals surface area contributed by atoms with Gasteiger partial charge in [-0.3, -0.25) is 0 Å². The smallest absolute Gasteiger partial charge is 0.337 e. The van der Waals surface area contributed by atoms with Gasteiger partial charge in [0.2, 0.25) is 0 Å². The molecule has 0 aliphatic rings. The Hall–Kier alpha value is -1.77. The number of aromatic amines is 1. The molecule has 0 unspecified atom stereocenters. The van der Waals surface area contributed by atoms with E-state index in [9.17, 15) is 4.79 Å². The summed E-state index contributed by atoms with van der Waals surface area (Å²) < 4.78 is 4.72. The van der Waals surface area contributed by atoms with Crippen molar-refractivity contribution < 1.29 is 9.53 Å². The molecule has 1 N–H and O–H groups in total. The molecule has 0 saturated carbocycles. The molecule has 0 fully saturated rings. The number of esters is 1. The number of carbonyl (C=O) groups is 1. The van der Waals surface area contributed by atoms with Gasteiger partial charge in [0.25, 0.3) is 0 Å². The third-order valence-corrected chi connectivity index (χ3v) is 2.91. The van der Waals surface area contributed by atoms with Gasteiger partial charge in [-0.1, -0.05) is 26.8 Å². The van der Waals surface area contributed by atoms with E-state index in [-0.39, 0.29) is 11.4 Å². The lowest BCUT2D eigenvalue weighted by Gasteiger charge is -2.17. The second kappa shape index (κ2) is 4.48. The van der Waals surface area contributed by atoms with Crippen molar-refractivity contribution in [2.24, 2.45) is 5.41 Å². The van der Waals surface area contributed by atoms with E-state index in [2.05, 4.69) is 25.8 Å². The van der Waals surface area contributed by atoms with Gasteiger partial charge < -0.3 is 9.72 Å². The average Bonchev–Trinajstić information content (AvgIpc) is 2.68. The van der Waals surface area contributed by atoms with E-state index >= 15 is 0 Å². The molecule has 0 saturated heterocycles. The molecule has 1 aromatic heterocycles. The highest BCUT2D eigenvalue weighted by Gasteiger charge is 2.15. The molecule has 0 amide bonds. The minimum atomic E-state index is -0.302. The van der Waals surface area contributed by atoms with Crippen molar-refractivity contribution in [3.63, 3.8) is 0 Å². The molecule has 0 aliphatic heterocycles. The summed E-state index contributed by atoms with van der Waals surface area (Å²) in [6.45, 7) is 6.65. The standard InChI is InChI=1S/C15H19NO2/c1-15(2,3)8-11-9-16-13-7-10(14(17)18-4)5-6-12(11)13/h5-7,9,16H,8H2,1-4H3. The molecule has 0 atom stereocenters. The number of hydrogen-bond donors (Lipinski definition) is 1. The lowest BCUT2D eigenvalue weighted by molar-refractivity contribution is 0.0601. The predicted molar refractivity (Wildman–Crippen MR) is 72.8 cm³/mol. The molecule has 0 spiro atoms. The number of aromatic nitrogens is 1. The summed E-state index contributed by atoms with van der Waals surface area (Å²) in [5, 5.41) is 1.18. The lowest BCUT2D eigenvalue weighted by atomic mass is 9.88. The predicted octanol–water partition coefficient (Wildman–Crippen LogP) is 3.54. The van der Waals surface area contributed by atoms with Crippen molar-refractivity contribution in [2.45, 2.75) is 27.2 Å². The Morgan fingerprint density at radius 3 is 2.67 bits per heavy atom. The first kappa shape index (κ1) is 12.7.